The number of nitrogens with zero attached hydrogens (tertiary/aromatic N) is 3. The van der Waals surface area contributed by atoms with Crippen molar-refractivity contribution in [1.82, 2.24) is 4.90 Å². The average molecular weight is 440 g/mol. The van der Waals surface area contributed by atoms with E-state index in [1.807, 2.05) is 6.07 Å². The molecule has 1 heterocycles. The number of imide groups is 1. The normalized spacial score (nSPS) is 13.2. The highest BCUT2D eigenvalue weighted by Gasteiger charge is 2.42. The van der Waals surface area contributed by atoms with Crippen LogP contribution in [-0.4, -0.2) is 33.6 Å². The average Bonchev–Trinajstić information content (AvgIpc) is 3.08. The molecule has 0 bridgehead atoms. The molecule has 3 aromatic rings. The maximum Gasteiger partial charge on any atom is 0.269 e. The van der Waals surface area contributed by atoms with Crippen LogP contribution in [0.2, 0.25) is 0 Å². The Morgan fingerprint density at radius 1 is 0.970 bits per heavy atom. The number of nitro benzene ring substituents is 1. The highest BCUT2D eigenvalue weighted by molar-refractivity contribution is 6.23. The summed E-state index contributed by atoms with van der Waals surface area (Å²) >= 11 is 0. The van der Waals surface area contributed by atoms with Crippen LogP contribution in [0, 0.1) is 21.4 Å². The highest BCUT2D eigenvalue weighted by Crippen LogP contribution is 2.27. The van der Waals surface area contributed by atoms with Crippen LogP contribution in [0.25, 0.3) is 0 Å². The van der Waals surface area contributed by atoms with E-state index in [4.69, 9.17) is 0 Å². The van der Waals surface area contributed by atoms with Crippen LogP contribution in [-0.2, 0) is 11.2 Å². The largest absolute Gasteiger partial charge is 0.323 e. The Bertz CT molecular complexity index is 1290. The van der Waals surface area contributed by atoms with E-state index in [2.05, 4.69) is 5.32 Å². The van der Waals surface area contributed by atoms with Crippen LogP contribution in [0.5, 0.6) is 0 Å². The molecule has 3 aromatic carbocycles. The molecule has 162 valence electrons. The van der Waals surface area contributed by atoms with Gasteiger partial charge in [0.25, 0.3) is 17.5 Å². The molecular formula is C24H16N4O5. The number of carbonyl (C=O) groups is 3. The second-order valence-electron chi connectivity index (χ2n) is 7.32. The zero-order valence-electron chi connectivity index (χ0n) is 17.1. The molecule has 4 rings (SSSR count). The maximum absolute atomic E-state index is 13.3. The van der Waals surface area contributed by atoms with Gasteiger partial charge in [0.1, 0.15) is 12.1 Å². The molecule has 0 aromatic heterocycles. The predicted octanol–water partition coefficient (Wildman–Crippen LogP) is 3.31. The smallest absolute Gasteiger partial charge is 0.269 e. The van der Waals surface area contributed by atoms with Crippen molar-refractivity contribution in [2.24, 2.45) is 0 Å². The molecule has 1 aliphatic heterocycles. The van der Waals surface area contributed by atoms with Gasteiger partial charge in [0, 0.05) is 18.6 Å². The molecule has 9 nitrogen and oxygen atoms in total. The molecular weight excluding hydrogens is 424 g/mol. The van der Waals surface area contributed by atoms with Gasteiger partial charge in [-0.1, -0.05) is 36.4 Å². The molecule has 0 spiro atoms. The Kier molecular flexibility index (Phi) is 5.66. The molecule has 0 aliphatic carbocycles. The van der Waals surface area contributed by atoms with Gasteiger partial charge in [-0.25, -0.2) is 0 Å². The van der Waals surface area contributed by atoms with Crippen molar-refractivity contribution in [2.75, 3.05) is 5.32 Å². The summed E-state index contributed by atoms with van der Waals surface area (Å²) in [5.74, 6) is -1.87. The molecule has 3 amide bonds. The SMILES string of the molecule is N#Cc1ccccc1NC(=O)C(Cc1ccc([N+](=O)[O-])cc1)N1C(=O)c2ccccc2C1=O. The van der Waals surface area contributed by atoms with Crippen molar-refractivity contribution < 1.29 is 19.3 Å². The zero-order chi connectivity index (χ0) is 23.5. The quantitative estimate of drug-likeness (QED) is 0.355. The number of anilines is 1. The fraction of sp³-hybridized carbons (Fsp3) is 0.0833. The van der Waals surface area contributed by atoms with E-state index < -0.39 is 28.7 Å². The number of fused-ring (bicyclic) bond motifs is 1. The van der Waals surface area contributed by atoms with Crippen molar-refractivity contribution >= 4 is 29.1 Å². The van der Waals surface area contributed by atoms with Gasteiger partial charge in [0.05, 0.1) is 27.3 Å². The Morgan fingerprint density at radius 2 is 1.55 bits per heavy atom. The number of hydrogen-bond acceptors (Lipinski definition) is 6. The van der Waals surface area contributed by atoms with Crippen LogP contribution >= 0.6 is 0 Å². The molecule has 0 saturated carbocycles. The predicted molar refractivity (Wildman–Crippen MR) is 117 cm³/mol. The molecule has 33 heavy (non-hydrogen) atoms. The number of nitriles is 1. The van der Waals surface area contributed by atoms with E-state index in [0.29, 0.717) is 5.56 Å². The molecule has 0 fully saturated rings. The number of benzene rings is 3. The van der Waals surface area contributed by atoms with E-state index in [1.165, 1.54) is 42.5 Å². The third-order valence-corrected chi connectivity index (χ3v) is 5.32. The van der Waals surface area contributed by atoms with Crippen molar-refractivity contribution in [3.05, 3.63) is 105 Å². The number of carbonyl (C=O) groups excluding carboxylic acids is 3. The van der Waals surface area contributed by atoms with Crippen molar-refractivity contribution in [1.29, 1.82) is 5.26 Å². The van der Waals surface area contributed by atoms with Crippen LogP contribution in [0.1, 0.15) is 31.8 Å². The third-order valence-electron chi connectivity index (χ3n) is 5.32. The van der Waals surface area contributed by atoms with Crippen molar-refractivity contribution in [3.8, 4) is 6.07 Å². The summed E-state index contributed by atoms with van der Waals surface area (Å²) in [5.41, 5.74) is 1.26. The molecule has 1 atom stereocenters. The zero-order valence-corrected chi connectivity index (χ0v) is 17.1. The van der Waals surface area contributed by atoms with Gasteiger partial charge in [-0.15, -0.1) is 0 Å². The lowest BCUT2D eigenvalue weighted by Gasteiger charge is -2.25. The van der Waals surface area contributed by atoms with Crippen LogP contribution in [0.15, 0.2) is 72.8 Å². The fourth-order valence-corrected chi connectivity index (χ4v) is 3.67. The summed E-state index contributed by atoms with van der Waals surface area (Å²) in [6, 6.07) is 18.9. The number of nitro groups is 1. The Hall–Kier alpha value is -4.84. The number of hydrogen-bond donors (Lipinski definition) is 1. The van der Waals surface area contributed by atoms with Gasteiger partial charge in [-0.05, 0) is 29.8 Å². The van der Waals surface area contributed by atoms with E-state index in [9.17, 15) is 29.8 Å². The van der Waals surface area contributed by atoms with Gasteiger partial charge < -0.3 is 5.32 Å². The molecule has 1 N–H and O–H groups in total. The molecule has 0 saturated heterocycles. The minimum Gasteiger partial charge on any atom is -0.323 e. The molecule has 1 unspecified atom stereocenters. The summed E-state index contributed by atoms with van der Waals surface area (Å²) in [4.78, 5) is 50.7. The Balaban J connectivity index is 1.70. The van der Waals surface area contributed by atoms with E-state index in [1.54, 1.807) is 30.3 Å². The summed E-state index contributed by atoms with van der Waals surface area (Å²) in [6.07, 6.45) is -0.0655. The van der Waals surface area contributed by atoms with Crippen LogP contribution < -0.4 is 5.32 Å². The summed E-state index contributed by atoms with van der Waals surface area (Å²) < 4.78 is 0. The first-order valence-corrected chi connectivity index (χ1v) is 9.91. The first-order valence-electron chi connectivity index (χ1n) is 9.91. The molecule has 9 heteroatoms. The lowest BCUT2D eigenvalue weighted by atomic mass is 10.0. The molecule has 1 aliphatic rings. The lowest BCUT2D eigenvalue weighted by molar-refractivity contribution is -0.384. The monoisotopic (exact) mass is 440 g/mol. The van der Waals surface area contributed by atoms with Gasteiger partial charge >= 0.3 is 0 Å². The number of nitrogens with one attached hydrogen (secondary N) is 1. The maximum atomic E-state index is 13.3. The van der Waals surface area contributed by atoms with Crippen LogP contribution in [0.4, 0.5) is 11.4 Å². The minimum absolute atomic E-state index is 0.0655. The third kappa shape index (κ3) is 4.05. The summed E-state index contributed by atoms with van der Waals surface area (Å²) in [5, 5.41) is 22.9. The molecule has 0 radical (unpaired) electrons. The number of para-hydroxylation sites is 1. The Morgan fingerprint density at radius 3 is 2.12 bits per heavy atom. The standard InChI is InChI=1S/C24H16N4O5/c25-14-16-5-1-4-8-20(16)26-22(29)21(13-15-9-11-17(12-10-15)28(32)33)27-23(30)18-6-2-3-7-19(18)24(27)31/h1-12,21H,13H2,(H,26,29). The van der Waals surface area contributed by atoms with Crippen molar-refractivity contribution in [2.45, 2.75) is 12.5 Å². The fourth-order valence-electron chi connectivity index (χ4n) is 3.67. The second kappa shape index (κ2) is 8.72. The van der Waals surface area contributed by atoms with Gasteiger partial charge in [-0.3, -0.25) is 29.4 Å². The highest BCUT2D eigenvalue weighted by atomic mass is 16.6. The summed E-state index contributed by atoms with van der Waals surface area (Å²) in [6.45, 7) is 0. The van der Waals surface area contributed by atoms with E-state index >= 15 is 0 Å². The van der Waals surface area contributed by atoms with E-state index in [0.717, 1.165) is 4.90 Å². The van der Waals surface area contributed by atoms with Gasteiger partial charge in [0.15, 0.2) is 0 Å². The number of amides is 3. The first-order chi connectivity index (χ1) is 15.9. The van der Waals surface area contributed by atoms with Gasteiger partial charge in [-0.2, -0.15) is 5.26 Å². The van der Waals surface area contributed by atoms with E-state index in [-0.39, 0.29) is 34.5 Å². The minimum atomic E-state index is -1.24. The topological polar surface area (TPSA) is 133 Å². The van der Waals surface area contributed by atoms with Crippen LogP contribution in [0.3, 0.4) is 0 Å². The summed E-state index contributed by atoms with van der Waals surface area (Å²) in [7, 11) is 0. The lowest BCUT2D eigenvalue weighted by Crippen LogP contribution is -2.48. The first kappa shape index (κ1) is 21.4. The number of non-ortho nitro benzene ring substituents is 1. The number of rotatable bonds is 6. The second-order valence-corrected chi connectivity index (χ2v) is 7.32. The van der Waals surface area contributed by atoms with Gasteiger partial charge in [0.2, 0.25) is 5.91 Å². The Labute approximate surface area is 188 Å². The van der Waals surface area contributed by atoms with Crippen molar-refractivity contribution in [3.63, 3.8) is 0 Å².